The van der Waals surface area contributed by atoms with Crippen LogP contribution in [0.25, 0.3) is 0 Å². The van der Waals surface area contributed by atoms with Crippen LogP contribution in [0.2, 0.25) is 0 Å². The molecule has 0 amide bonds. The molecule has 1 heterocycles. The fourth-order valence-corrected chi connectivity index (χ4v) is 1.65. The standard InChI is InChI=1S/C11H20N2/c1-5-11(6-2)8-13-10(4)7-9(3)12-13/h7,11H,5-6,8H2,1-4H3. The Labute approximate surface area is 81.0 Å². The Bertz CT molecular complexity index is 259. The number of nitrogens with zero attached hydrogens (tertiary/aromatic N) is 2. The van der Waals surface area contributed by atoms with E-state index in [2.05, 4.69) is 43.5 Å². The molecule has 1 aromatic rings. The van der Waals surface area contributed by atoms with Crippen LogP contribution < -0.4 is 0 Å². The van der Waals surface area contributed by atoms with E-state index in [4.69, 9.17) is 0 Å². The normalized spacial score (nSPS) is 11.2. The first-order chi connectivity index (χ1) is 6.17. The summed E-state index contributed by atoms with van der Waals surface area (Å²) >= 11 is 0. The summed E-state index contributed by atoms with van der Waals surface area (Å²) in [5.41, 5.74) is 2.41. The first kappa shape index (κ1) is 10.3. The maximum absolute atomic E-state index is 4.46. The van der Waals surface area contributed by atoms with Gasteiger partial charge in [0.1, 0.15) is 0 Å². The fourth-order valence-electron chi connectivity index (χ4n) is 1.65. The Morgan fingerprint density at radius 3 is 2.31 bits per heavy atom. The number of hydrogen-bond donors (Lipinski definition) is 0. The highest BCUT2D eigenvalue weighted by Crippen LogP contribution is 2.12. The van der Waals surface area contributed by atoms with Gasteiger partial charge >= 0.3 is 0 Å². The van der Waals surface area contributed by atoms with Crippen molar-refractivity contribution in [3.63, 3.8) is 0 Å². The van der Waals surface area contributed by atoms with Gasteiger partial charge in [0.15, 0.2) is 0 Å². The van der Waals surface area contributed by atoms with Gasteiger partial charge in [-0.05, 0) is 25.8 Å². The van der Waals surface area contributed by atoms with Gasteiger partial charge in [-0.2, -0.15) is 5.10 Å². The summed E-state index contributed by atoms with van der Waals surface area (Å²) < 4.78 is 2.13. The highest BCUT2D eigenvalue weighted by Gasteiger charge is 2.07. The second kappa shape index (κ2) is 4.45. The first-order valence-corrected chi connectivity index (χ1v) is 5.18. The van der Waals surface area contributed by atoms with Crippen molar-refractivity contribution in [3.05, 3.63) is 17.5 Å². The number of aromatic nitrogens is 2. The molecule has 0 aromatic carbocycles. The van der Waals surface area contributed by atoms with Crippen LogP contribution in [0, 0.1) is 19.8 Å². The first-order valence-electron chi connectivity index (χ1n) is 5.18. The zero-order valence-electron chi connectivity index (χ0n) is 9.17. The number of rotatable bonds is 4. The van der Waals surface area contributed by atoms with Crippen molar-refractivity contribution in [2.45, 2.75) is 47.1 Å². The molecular formula is C11H20N2. The summed E-state index contributed by atoms with van der Waals surface area (Å²) in [6, 6.07) is 2.14. The molecule has 0 spiro atoms. The maximum Gasteiger partial charge on any atom is 0.0596 e. The van der Waals surface area contributed by atoms with Crippen LogP contribution in [0.3, 0.4) is 0 Å². The van der Waals surface area contributed by atoms with Crippen molar-refractivity contribution < 1.29 is 0 Å². The lowest BCUT2D eigenvalue weighted by Gasteiger charge is -2.13. The monoisotopic (exact) mass is 180 g/mol. The lowest BCUT2D eigenvalue weighted by Crippen LogP contribution is -2.11. The van der Waals surface area contributed by atoms with Crippen molar-refractivity contribution in [2.24, 2.45) is 5.92 Å². The lowest BCUT2D eigenvalue weighted by molar-refractivity contribution is 0.390. The zero-order valence-corrected chi connectivity index (χ0v) is 9.17. The van der Waals surface area contributed by atoms with Crippen LogP contribution in [0.5, 0.6) is 0 Å². The van der Waals surface area contributed by atoms with E-state index in [-0.39, 0.29) is 0 Å². The minimum atomic E-state index is 0.776. The minimum Gasteiger partial charge on any atom is -0.269 e. The van der Waals surface area contributed by atoms with Crippen LogP contribution >= 0.6 is 0 Å². The molecule has 2 heteroatoms. The Hall–Kier alpha value is -0.790. The molecule has 0 radical (unpaired) electrons. The molecule has 0 aliphatic rings. The highest BCUT2D eigenvalue weighted by atomic mass is 15.3. The van der Waals surface area contributed by atoms with E-state index in [1.165, 1.54) is 18.5 Å². The summed E-state index contributed by atoms with van der Waals surface area (Å²) in [4.78, 5) is 0. The maximum atomic E-state index is 4.46. The van der Waals surface area contributed by atoms with Gasteiger partial charge in [-0.15, -0.1) is 0 Å². The third kappa shape index (κ3) is 2.58. The van der Waals surface area contributed by atoms with Crippen molar-refractivity contribution in [1.82, 2.24) is 9.78 Å². The van der Waals surface area contributed by atoms with Crippen LogP contribution in [0.15, 0.2) is 6.07 Å². The van der Waals surface area contributed by atoms with E-state index in [0.29, 0.717) is 0 Å². The van der Waals surface area contributed by atoms with Gasteiger partial charge in [-0.25, -0.2) is 0 Å². The number of hydrogen-bond acceptors (Lipinski definition) is 1. The van der Waals surface area contributed by atoms with Crippen molar-refractivity contribution in [2.75, 3.05) is 0 Å². The minimum absolute atomic E-state index is 0.776. The predicted molar refractivity (Wildman–Crippen MR) is 55.8 cm³/mol. The largest absolute Gasteiger partial charge is 0.269 e. The van der Waals surface area contributed by atoms with Gasteiger partial charge in [0.25, 0.3) is 0 Å². The summed E-state index contributed by atoms with van der Waals surface area (Å²) in [6.07, 6.45) is 2.49. The molecule has 0 unspecified atom stereocenters. The van der Waals surface area contributed by atoms with Crippen LogP contribution in [0.4, 0.5) is 0 Å². The third-order valence-electron chi connectivity index (χ3n) is 2.69. The van der Waals surface area contributed by atoms with Crippen molar-refractivity contribution in [3.8, 4) is 0 Å². The van der Waals surface area contributed by atoms with E-state index in [0.717, 1.165) is 18.2 Å². The molecule has 0 fully saturated rings. The van der Waals surface area contributed by atoms with Crippen LogP contribution in [-0.4, -0.2) is 9.78 Å². The molecule has 0 bridgehead atoms. The van der Waals surface area contributed by atoms with Gasteiger partial charge in [-0.3, -0.25) is 4.68 Å². The molecule has 1 rings (SSSR count). The summed E-state index contributed by atoms with van der Waals surface area (Å²) in [5, 5.41) is 4.46. The van der Waals surface area contributed by atoms with Crippen LogP contribution in [-0.2, 0) is 6.54 Å². The van der Waals surface area contributed by atoms with E-state index in [1.807, 2.05) is 0 Å². The zero-order chi connectivity index (χ0) is 9.84. The molecule has 2 nitrogen and oxygen atoms in total. The molecule has 13 heavy (non-hydrogen) atoms. The second-order valence-electron chi connectivity index (χ2n) is 3.79. The molecule has 0 aliphatic heterocycles. The third-order valence-corrected chi connectivity index (χ3v) is 2.69. The average molecular weight is 180 g/mol. The molecular weight excluding hydrogens is 160 g/mol. The Balaban J connectivity index is 2.67. The Morgan fingerprint density at radius 2 is 1.92 bits per heavy atom. The van der Waals surface area contributed by atoms with E-state index in [1.54, 1.807) is 0 Å². The average Bonchev–Trinajstić information content (AvgIpc) is 2.41. The Morgan fingerprint density at radius 1 is 1.31 bits per heavy atom. The topological polar surface area (TPSA) is 17.8 Å². The molecule has 0 saturated heterocycles. The summed E-state index contributed by atoms with van der Waals surface area (Å²) in [6.45, 7) is 9.76. The predicted octanol–water partition coefficient (Wildman–Crippen LogP) is 2.94. The van der Waals surface area contributed by atoms with Crippen molar-refractivity contribution in [1.29, 1.82) is 0 Å². The fraction of sp³-hybridized carbons (Fsp3) is 0.727. The van der Waals surface area contributed by atoms with E-state index < -0.39 is 0 Å². The molecule has 1 aromatic heterocycles. The van der Waals surface area contributed by atoms with Gasteiger partial charge in [-0.1, -0.05) is 26.7 Å². The molecule has 0 aliphatic carbocycles. The van der Waals surface area contributed by atoms with Gasteiger partial charge in [0, 0.05) is 12.2 Å². The van der Waals surface area contributed by atoms with Gasteiger partial charge in [0.05, 0.1) is 5.69 Å². The second-order valence-corrected chi connectivity index (χ2v) is 3.79. The molecule has 0 N–H and O–H groups in total. The molecule has 0 atom stereocenters. The summed E-state index contributed by atoms with van der Waals surface area (Å²) in [5.74, 6) is 0.776. The van der Waals surface area contributed by atoms with E-state index >= 15 is 0 Å². The smallest absolute Gasteiger partial charge is 0.0596 e. The van der Waals surface area contributed by atoms with E-state index in [9.17, 15) is 0 Å². The number of aryl methyl sites for hydroxylation is 2. The van der Waals surface area contributed by atoms with Gasteiger partial charge in [0.2, 0.25) is 0 Å². The summed E-state index contributed by atoms with van der Waals surface area (Å²) in [7, 11) is 0. The van der Waals surface area contributed by atoms with Crippen molar-refractivity contribution >= 4 is 0 Å². The van der Waals surface area contributed by atoms with Gasteiger partial charge < -0.3 is 0 Å². The highest BCUT2D eigenvalue weighted by molar-refractivity contribution is 5.06. The quantitative estimate of drug-likeness (QED) is 0.696. The Kier molecular flexibility index (Phi) is 3.52. The molecule has 0 saturated carbocycles. The lowest BCUT2D eigenvalue weighted by atomic mass is 10.0. The molecule has 74 valence electrons. The van der Waals surface area contributed by atoms with Crippen LogP contribution in [0.1, 0.15) is 38.1 Å². The SMILES string of the molecule is CCC(CC)Cn1nc(C)cc1C.